The van der Waals surface area contributed by atoms with Gasteiger partial charge >= 0.3 is 0 Å². The molecule has 0 spiro atoms. The van der Waals surface area contributed by atoms with Crippen molar-refractivity contribution in [1.29, 1.82) is 0 Å². The van der Waals surface area contributed by atoms with Crippen LogP contribution in [0.4, 0.5) is 4.39 Å². The van der Waals surface area contributed by atoms with Gasteiger partial charge in [0.2, 0.25) is 15.9 Å². The van der Waals surface area contributed by atoms with Gasteiger partial charge < -0.3 is 5.32 Å². The number of hydrogen-bond donors (Lipinski definition) is 1. The lowest BCUT2D eigenvalue weighted by atomic mass is 10.0. The van der Waals surface area contributed by atoms with Gasteiger partial charge in [0.25, 0.3) is 0 Å². The summed E-state index contributed by atoms with van der Waals surface area (Å²) in [7, 11) is -3.88. The Balaban J connectivity index is 1.45. The van der Waals surface area contributed by atoms with Gasteiger partial charge in [0.15, 0.2) is 0 Å². The molecule has 6 nitrogen and oxygen atoms in total. The number of amides is 1. The van der Waals surface area contributed by atoms with E-state index < -0.39 is 21.9 Å². The summed E-state index contributed by atoms with van der Waals surface area (Å²) in [6.45, 7) is 2.47. The van der Waals surface area contributed by atoms with Gasteiger partial charge in [-0.05, 0) is 67.3 Å². The monoisotopic (exact) mass is 453 g/mol. The van der Waals surface area contributed by atoms with Crippen molar-refractivity contribution in [2.45, 2.75) is 37.2 Å². The summed E-state index contributed by atoms with van der Waals surface area (Å²) < 4.78 is 40.4. The number of aromatic nitrogens is 1. The highest BCUT2D eigenvalue weighted by molar-refractivity contribution is 7.89. The third-order valence-electron chi connectivity index (χ3n) is 5.56. The van der Waals surface area contributed by atoms with Crippen molar-refractivity contribution in [2.24, 2.45) is 0 Å². The molecule has 0 radical (unpaired) electrons. The fraction of sp³-hybridized carbons (Fsp3) is 0.250. The maximum atomic E-state index is 13.2. The van der Waals surface area contributed by atoms with Crippen LogP contribution in [-0.2, 0) is 21.4 Å². The fourth-order valence-electron chi connectivity index (χ4n) is 3.84. The van der Waals surface area contributed by atoms with Gasteiger partial charge in [0.05, 0.1) is 4.90 Å². The zero-order valence-corrected chi connectivity index (χ0v) is 18.5. The van der Waals surface area contributed by atoms with E-state index in [1.807, 2.05) is 49.5 Å². The third-order valence-corrected chi connectivity index (χ3v) is 7.49. The van der Waals surface area contributed by atoms with Crippen LogP contribution in [0.3, 0.4) is 0 Å². The summed E-state index contributed by atoms with van der Waals surface area (Å²) >= 11 is 0. The number of benzene rings is 2. The largest absolute Gasteiger partial charge is 0.351 e. The minimum Gasteiger partial charge on any atom is -0.351 e. The summed E-state index contributed by atoms with van der Waals surface area (Å²) in [5, 5.41) is 2.87. The Kier molecular flexibility index (Phi) is 6.34. The predicted octanol–water partition coefficient (Wildman–Crippen LogP) is 3.67. The van der Waals surface area contributed by atoms with Crippen LogP contribution in [-0.4, -0.2) is 36.2 Å². The third kappa shape index (κ3) is 4.71. The molecule has 1 aliphatic rings. The highest BCUT2D eigenvalue weighted by Gasteiger charge is 2.39. The number of carbonyl (C=O) groups is 1. The predicted molar refractivity (Wildman–Crippen MR) is 120 cm³/mol. The first-order valence-corrected chi connectivity index (χ1v) is 11.9. The number of halogens is 1. The molecule has 0 bridgehead atoms. The number of pyridine rings is 1. The summed E-state index contributed by atoms with van der Waals surface area (Å²) in [6, 6.07) is 15.6. The molecule has 1 aromatic heterocycles. The van der Waals surface area contributed by atoms with Crippen molar-refractivity contribution in [1.82, 2.24) is 14.6 Å². The van der Waals surface area contributed by atoms with E-state index in [4.69, 9.17) is 0 Å². The van der Waals surface area contributed by atoms with E-state index in [9.17, 15) is 17.6 Å². The molecule has 4 rings (SSSR count). The average Bonchev–Trinajstić information content (AvgIpc) is 3.30. The van der Waals surface area contributed by atoms with Crippen molar-refractivity contribution >= 4 is 15.9 Å². The van der Waals surface area contributed by atoms with Gasteiger partial charge in [0.1, 0.15) is 11.9 Å². The van der Waals surface area contributed by atoms with Crippen LogP contribution in [0, 0.1) is 12.7 Å². The van der Waals surface area contributed by atoms with Gasteiger partial charge in [-0.1, -0.05) is 24.3 Å². The first-order chi connectivity index (χ1) is 15.3. The van der Waals surface area contributed by atoms with Crippen molar-refractivity contribution in [3.63, 3.8) is 0 Å². The van der Waals surface area contributed by atoms with Crippen molar-refractivity contribution in [2.75, 3.05) is 6.54 Å². The van der Waals surface area contributed by atoms with Crippen LogP contribution in [0.25, 0.3) is 11.1 Å². The van der Waals surface area contributed by atoms with Crippen molar-refractivity contribution < 1.29 is 17.6 Å². The maximum absolute atomic E-state index is 13.2. The molecular weight excluding hydrogens is 429 g/mol. The number of nitrogens with one attached hydrogen (secondary N) is 1. The smallest absolute Gasteiger partial charge is 0.243 e. The first-order valence-electron chi connectivity index (χ1n) is 10.4. The molecule has 2 aromatic carbocycles. The SMILES string of the molecule is Cc1ccc(-c2cccc(CNC(=O)C3CCCN3S(=O)(=O)c3ccc(F)cc3)c2)cn1. The molecule has 166 valence electrons. The molecule has 0 saturated carbocycles. The average molecular weight is 454 g/mol. The Morgan fingerprint density at radius 3 is 2.62 bits per heavy atom. The van der Waals surface area contributed by atoms with Gasteiger partial charge in [0, 0.05) is 30.5 Å². The molecule has 1 unspecified atom stereocenters. The summed E-state index contributed by atoms with van der Waals surface area (Å²) in [6.07, 6.45) is 2.85. The zero-order chi connectivity index (χ0) is 22.7. The second kappa shape index (κ2) is 9.18. The summed E-state index contributed by atoms with van der Waals surface area (Å²) in [4.78, 5) is 17.2. The zero-order valence-electron chi connectivity index (χ0n) is 17.7. The second-order valence-electron chi connectivity index (χ2n) is 7.83. The topological polar surface area (TPSA) is 79.4 Å². The molecule has 1 saturated heterocycles. The Morgan fingerprint density at radius 2 is 1.91 bits per heavy atom. The molecular formula is C24H24FN3O3S. The quantitative estimate of drug-likeness (QED) is 0.618. The number of aryl methyl sites for hydroxylation is 1. The molecule has 1 aliphatic heterocycles. The van der Waals surface area contributed by atoms with Crippen molar-refractivity contribution in [3.8, 4) is 11.1 Å². The Labute approximate surface area is 187 Å². The highest BCUT2D eigenvalue weighted by Crippen LogP contribution is 2.26. The Hall–Kier alpha value is -3.10. The van der Waals surface area contributed by atoms with Crippen LogP contribution >= 0.6 is 0 Å². The van der Waals surface area contributed by atoms with Gasteiger partial charge in [-0.25, -0.2) is 12.8 Å². The molecule has 1 fully saturated rings. The summed E-state index contributed by atoms with van der Waals surface area (Å²) in [5.41, 5.74) is 3.82. The fourth-order valence-corrected chi connectivity index (χ4v) is 5.49. The maximum Gasteiger partial charge on any atom is 0.243 e. The van der Waals surface area contributed by atoms with Crippen LogP contribution < -0.4 is 5.32 Å². The first kappa shape index (κ1) is 22.1. The van der Waals surface area contributed by atoms with E-state index in [2.05, 4.69) is 10.3 Å². The lowest BCUT2D eigenvalue weighted by molar-refractivity contribution is -0.124. The van der Waals surface area contributed by atoms with E-state index >= 15 is 0 Å². The van der Waals surface area contributed by atoms with Gasteiger partial charge in [-0.3, -0.25) is 9.78 Å². The van der Waals surface area contributed by atoms with Gasteiger partial charge in [-0.2, -0.15) is 4.31 Å². The van der Waals surface area contributed by atoms with Crippen LogP contribution in [0.5, 0.6) is 0 Å². The summed E-state index contributed by atoms with van der Waals surface area (Å²) in [5.74, 6) is -0.848. The van der Waals surface area contributed by atoms with E-state index in [1.165, 1.54) is 16.4 Å². The van der Waals surface area contributed by atoms with E-state index in [0.29, 0.717) is 12.8 Å². The van der Waals surface area contributed by atoms with E-state index in [1.54, 1.807) is 0 Å². The standard InChI is InChI=1S/C24H24FN3O3S/c1-17-7-8-20(16-26-17)19-5-2-4-18(14-19)15-27-24(29)23-6-3-13-28(23)32(30,31)22-11-9-21(25)10-12-22/h2,4-5,7-12,14,16,23H,3,6,13,15H2,1H3,(H,27,29). The molecule has 1 amide bonds. The van der Waals surface area contributed by atoms with E-state index in [-0.39, 0.29) is 23.9 Å². The minimum absolute atomic E-state index is 0.0157. The number of nitrogens with zero attached hydrogens (tertiary/aromatic N) is 2. The normalized spacial score (nSPS) is 16.8. The lowest BCUT2D eigenvalue weighted by Gasteiger charge is -2.23. The molecule has 2 heterocycles. The van der Waals surface area contributed by atoms with Crippen molar-refractivity contribution in [3.05, 3.63) is 83.9 Å². The minimum atomic E-state index is -3.88. The van der Waals surface area contributed by atoms with E-state index in [0.717, 1.165) is 34.5 Å². The highest BCUT2D eigenvalue weighted by atomic mass is 32.2. The van der Waals surface area contributed by atoms with Crippen LogP contribution in [0.2, 0.25) is 0 Å². The second-order valence-corrected chi connectivity index (χ2v) is 9.72. The Morgan fingerprint density at radius 1 is 1.12 bits per heavy atom. The molecule has 1 N–H and O–H groups in total. The molecule has 1 atom stereocenters. The molecule has 3 aromatic rings. The number of rotatable bonds is 6. The molecule has 0 aliphatic carbocycles. The van der Waals surface area contributed by atoms with Gasteiger partial charge in [-0.15, -0.1) is 0 Å². The molecule has 32 heavy (non-hydrogen) atoms. The lowest BCUT2D eigenvalue weighted by Crippen LogP contribution is -2.45. The van der Waals surface area contributed by atoms with Crippen LogP contribution in [0.1, 0.15) is 24.1 Å². The van der Waals surface area contributed by atoms with Crippen LogP contribution in [0.15, 0.2) is 71.8 Å². The number of hydrogen-bond acceptors (Lipinski definition) is 4. The number of carbonyl (C=O) groups excluding carboxylic acids is 1. The molecule has 8 heteroatoms. The Bertz CT molecular complexity index is 1210. The number of sulfonamides is 1.